The van der Waals surface area contributed by atoms with Gasteiger partial charge in [0.05, 0.1) is 30.8 Å². The molecular weight excluding hydrogens is 442 g/mol. The first-order valence-electron chi connectivity index (χ1n) is 14.5. The maximum atomic E-state index is 13.5. The molecule has 3 heteroatoms. The van der Waals surface area contributed by atoms with Gasteiger partial charge in [-0.25, -0.2) is 0 Å². The second-order valence-corrected chi connectivity index (χ2v) is 13.1. The summed E-state index contributed by atoms with van der Waals surface area (Å²) in [7, 11) is 1.90. The van der Waals surface area contributed by atoms with Gasteiger partial charge in [0.1, 0.15) is 0 Å². The average molecular weight is 484 g/mol. The fourth-order valence-corrected chi connectivity index (χ4v) is 9.45. The second-order valence-electron chi connectivity index (χ2n) is 13.1. The van der Waals surface area contributed by atoms with Gasteiger partial charge in [-0.1, -0.05) is 68.5 Å². The Hall–Kier alpha value is -1.94. The SMILES string of the molecule is CCC[N+](C)([O-])[C@@H]1CCC2=CC3=CC[C@]4(C)[C@@H](c5ccc6ccccc6c5)CC[C@H]4[C@@]34CC[C@]2(C1)O4. The molecule has 1 saturated heterocycles. The third-order valence-electron chi connectivity index (χ3n) is 11.3. The van der Waals surface area contributed by atoms with Gasteiger partial charge in [0.25, 0.3) is 0 Å². The van der Waals surface area contributed by atoms with Crippen molar-refractivity contribution in [2.24, 2.45) is 11.3 Å². The maximum absolute atomic E-state index is 13.5. The zero-order chi connectivity index (χ0) is 24.8. The summed E-state index contributed by atoms with van der Waals surface area (Å²) in [5, 5.41) is 16.1. The topological polar surface area (TPSA) is 32.3 Å². The number of benzene rings is 2. The van der Waals surface area contributed by atoms with E-state index < -0.39 is 0 Å². The molecule has 1 unspecified atom stereocenters. The molecule has 7 atom stereocenters. The van der Waals surface area contributed by atoms with E-state index in [1.807, 2.05) is 7.05 Å². The largest absolute Gasteiger partial charge is 0.633 e. The van der Waals surface area contributed by atoms with Crippen molar-refractivity contribution in [3.63, 3.8) is 0 Å². The number of hydroxylamine groups is 3. The van der Waals surface area contributed by atoms with E-state index in [1.165, 1.54) is 40.3 Å². The van der Waals surface area contributed by atoms with Crippen molar-refractivity contribution in [1.82, 2.24) is 0 Å². The Bertz CT molecular complexity index is 1280. The average Bonchev–Trinajstić information content (AvgIpc) is 3.38. The number of quaternary nitrogens is 1. The third-order valence-corrected chi connectivity index (χ3v) is 11.3. The molecule has 190 valence electrons. The normalized spacial score (nSPS) is 40.6. The van der Waals surface area contributed by atoms with Gasteiger partial charge >= 0.3 is 0 Å². The molecule has 2 aliphatic heterocycles. The van der Waals surface area contributed by atoms with Gasteiger partial charge in [-0.3, -0.25) is 0 Å². The number of allylic oxidation sites excluding steroid dienone is 1. The predicted octanol–water partition coefficient (Wildman–Crippen LogP) is 7.80. The van der Waals surface area contributed by atoms with Gasteiger partial charge in [-0.2, -0.15) is 0 Å². The van der Waals surface area contributed by atoms with Crippen molar-refractivity contribution in [1.29, 1.82) is 0 Å². The lowest BCUT2D eigenvalue weighted by Gasteiger charge is -2.56. The molecule has 36 heavy (non-hydrogen) atoms. The summed E-state index contributed by atoms with van der Waals surface area (Å²) < 4.78 is 7.33. The molecule has 2 saturated carbocycles. The molecule has 2 bridgehead atoms. The second kappa shape index (κ2) is 7.79. The van der Waals surface area contributed by atoms with Crippen LogP contribution in [-0.4, -0.2) is 35.5 Å². The van der Waals surface area contributed by atoms with Crippen LogP contribution in [0.15, 0.2) is 65.8 Å². The molecule has 0 amide bonds. The maximum Gasteiger partial charge on any atom is 0.0975 e. The highest BCUT2D eigenvalue weighted by Crippen LogP contribution is 2.69. The summed E-state index contributed by atoms with van der Waals surface area (Å²) in [5.74, 6) is 1.11. The van der Waals surface area contributed by atoms with E-state index in [0.717, 1.165) is 44.9 Å². The van der Waals surface area contributed by atoms with Crippen molar-refractivity contribution in [3.8, 4) is 0 Å². The highest BCUT2D eigenvalue weighted by Gasteiger charge is 2.67. The van der Waals surface area contributed by atoms with Gasteiger partial charge in [-0.15, -0.1) is 0 Å². The lowest BCUT2D eigenvalue weighted by Crippen LogP contribution is -2.57. The third kappa shape index (κ3) is 3.09. The zero-order valence-corrected chi connectivity index (χ0v) is 22.3. The summed E-state index contributed by atoms with van der Waals surface area (Å²) in [5.41, 5.74) is 4.32. The van der Waals surface area contributed by atoms with E-state index in [2.05, 4.69) is 68.5 Å². The molecule has 2 aromatic rings. The molecule has 5 aliphatic rings. The van der Waals surface area contributed by atoms with Gasteiger partial charge in [0.2, 0.25) is 0 Å². The molecule has 0 N–H and O–H groups in total. The molecule has 2 aromatic carbocycles. The number of fused-ring (bicyclic) bond motifs is 2. The first kappa shape index (κ1) is 23.2. The number of ether oxygens (including phenoxy) is 1. The minimum absolute atomic E-state index is 0.101. The summed E-state index contributed by atoms with van der Waals surface area (Å²) in [6, 6.07) is 16.1. The summed E-state index contributed by atoms with van der Waals surface area (Å²) in [6.07, 6.45) is 14.8. The Balaban J connectivity index is 1.24. The Morgan fingerprint density at radius 1 is 1.06 bits per heavy atom. The molecule has 3 fully saturated rings. The van der Waals surface area contributed by atoms with Crippen LogP contribution in [0.4, 0.5) is 0 Å². The highest BCUT2D eigenvalue weighted by molar-refractivity contribution is 5.83. The van der Waals surface area contributed by atoms with Crippen molar-refractivity contribution in [3.05, 3.63) is 76.5 Å². The van der Waals surface area contributed by atoms with Crippen molar-refractivity contribution < 1.29 is 9.38 Å². The van der Waals surface area contributed by atoms with E-state index in [0.29, 0.717) is 18.4 Å². The molecule has 3 nitrogen and oxygen atoms in total. The minimum Gasteiger partial charge on any atom is -0.633 e. The first-order chi connectivity index (χ1) is 17.3. The molecule has 3 aliphatic carbocycles. The van der Waals surface area contributed by atoms with Crippen molar-refractivity contribution in [2.45, 2.75) is 94.8 Å². The fourth-order valence-electron chi connectivity index (χ4n) is 9.45. The molecule has 0 aromatic heterocycles. The van der Waals surface area contributed by atoms with Crippen LogP contribution in [0, 0.1) is 16.5 Å². The van der Waals surface area contributed by atoms with Crippen molar-refractivity contribution in [2.75, 3.05) is 13.6 Å². The zero-order valence-electron chi connectivity index (χ0n) is 22.3. The van der Waals surface area contributed by atoms with Gasteiger partial charge in [0.15, 0.2) is 0 Å². The molecule has 2 heterocycles. The van der Waals surface area contributed by atoms with Crippen LogP contribution in [0.1, 0.15) is 83.1 Å². The van der Waals surface area contributed by atoms with Crippen LogP contribution in [0.5, 0.6) is 0 Å². The van der Waals surface area contributed by atoms with Gasteiger partial charge in [-0.05, 0) is 89.7 Å². The van der Waals surface area contributed by atoms with Crippen LogP contribution in [0.3, 0.4) is 0 Å². The molecular formula is C33H41NO2. The Morgan fingerprint density at radius 2 is 1.89 bits per heavy atom. The van der Waals surface area contributed by atoms with Crippen LogP contribution >= 0.6 is 0 Å². The lowest BCUT2D eigenvalue weighted by atomic mass is 9.58. The fraction of sp³-hybridized carbons (Fsp3) is 0.576. The molecule has 7 rings (SSSR count). The van der Waals surface area contributed by atoms with E-state index >= 15 is 0 Å². The lowest BCUT2D eigenvalue weighted by molar-refractivity contribution is -0.888. The standard InChI is InChI=1S/C33H41NO2/c1-4-19-34(3,35)28-12-11-26-21-27-15-16-31(2)29(25-10-9-23-7-5-6-8-24(23)20-25)13-14-30(31)33(27)18-17-32(26,22-28)36-33/h5-10,15,20-21,28-30H,4,11-14,16-19,22H2,1-3H3/t28-,29-,30-,31-,32-,33-,34?/m1/s1. The number of hydrogen-bond donors (Lipinski definition) is 0. The predicted molar refractivity (Wildman–Crippen MR) is 146 cm³/mol. The number of hydrogen-bond acceptors (Lipinski definition) is 2. The Morgan fingerprint density at radius 3 is 2.72 bits per heavy atom. The Kier molecular flexibility index (Phi) is 5.02. The van der Waals surface area contributed by atoms with Crippen LogP contribution in [0.2, 0.25) is 0 Å². The highest BCUT2D eigenvalue weighted by atomic mass is 16.6. The van der Waals surface area contributed by atoms with Crippen LogP contribution in [-0.2, 0) is 4.74 Å². The van der Waals surface area contributed by atoms with Gasteiger partial charge < -0.3 is 14.6 Å². The smallest absolute Gasteiger partial charge is 0.0975 e. The summed E-state index contributed by atoms with van der Waals surface area (Å²) in [6.45, 7) is 5.40. The molecule has 2 spiro atoms. The van der Waals surface area contributed by atoms with Crippen LogP contribution in [0.25, 0.3) is 10.8 Å². The number of rotatable bonds is 4. The number of nitrogens with zero attached hydrogens (tertiary/aromatic N) is 1. The minimum atomic E-state index is -0.197. The Labute approximate surface area is 216 Å². The van der Waals surface area contributed by atoms with E-state index in [1.54, 1.807) is 0 Å². The van der Waals surface area contributed by atoms with E-state index in [9.17, 15) is 5.21 Å². The first-order valence-corrected chi connectivity index (χ1v) is 14.5. The summed E-state index contributed by atoms with van der Waals surface area (Å²) in [4.78, 5) is 0. The molecule has 0 radical (unpaired) electrons. The van der Waals surface area contributed by atoms with Crippen LogP contribution < -0.4 is 0 Å². The summed E-state index contributed by atoms with van der Waals surface area (Å²) >= 11 is 0. The van der Waals surface area contributed by atoms with Gasteiger partial charge in [0, 0.05) is 12.8 Å². The van der Waals surface area contributed by atoms with Crippen molar-refractivity contribution >= 4 is 10.8 Å². The quantitative estimate of drug-likeness (QED) is 0.328. The van der Waals surface area contributed by atoms with E-state index in [4.69, 9.17) is 4.74 Å². The van der Waals surface area contributed by atoms with E-state index in [-0.39, 0.29) is 27.3 Å². The monoisotopic (exact) mass is 483 g/mol.